The molecule has 47 heavy (non-hydrogen) atoms. The van der Waals surface area contributed by atoms with Crippen molar-refractivity contribution >= 4 is 29.3 Å². The van der Waals surface area contributed by atoms with E-state index in [1.807, 2.05) is 20.9 Å². The number of anilines is 1. The molecule has 1 aliphatic heterocycles. The molecule has 2 aliphatic carbocycles. The Morgan fingerprint density at radius 1 is 0.957 bits per heavy atom. The molecule has 1 saturated heterocycles. The quantitative estimate of drug-likeness (QED) is 0.285. The number of rotatable bonds is 14. The van der Waals surface area contributed by atoms with Crippen LogP contribution in [0.25, 0.3) is 0 Å². The zero-order valence-corrected chi connectivity index (χ0v) is 28.0. The smallest absolute Gasteiger partial charge is 0.270 e. The van der Waals surface area contributed by atoms with Crippen LogP contribution >= 0.6 is 0 Å². The lowest BCUT2D eigenvalue weighted by molar-refractivity contribution is -0.139. The summed E-state index contributed by atoms with van der Waals surface area (Å²) in [6, 6.07) is 4.25. The summed E-state index contributed by atoms with van der Waals surface area (Å²) in [5, 5.41) is 12.8. The number of piperazine rings is 1. The third kappa shape index (κ3) is 8.36. The SMILES string of the molecule is COCC(=O)N[C@@H](C(=O)N1CCN(C)CC1)[C@@H](C)c1ccc(NC(=O)[C@@H](NC(=O)c2ccnn2C(C)C)C(C2CC2)C2CC2)c(F)c1. The van der Waals surface area contributed by atoms with Crippen molar-refractivity contribution in [2.45, 2.75) is 70.5 Å². The van der Waals surface area contributed by atoms with Crippen LogP contribution in [0.15, 0.2) is 30.5 Å². The highest BCUT2D eigenvalue weighted by Crippen LogP contribution is 2.51. The summed E-state index contributed by atoms with van der Waals surface area (Å²) in [4.78, 5) is 57.3. The summed E-state index contributed by atoms with van der Waals surface area (Å²) in [5.74, 6) is -2.14. The van der Waals surface area contributed by atoms with Gasteiger partial charge in [0.1, 0.15) is 30.2 Å². The first-order chi connectivity index (χ1) is 22.5. The molecule has 1 aromatic carbocycles. The molecule has 4 amide bonds. The van der Waals surface area contributed by atoms with E-state index in [-0.39, 0.29) is 36.1 Å². The molecule has 3 N–H and O–H groups in total. The van der Waals surface area contributed by atoms with Crippen LogP contribution in [0.1, 0.15) is 74.5 Å². The van der Waals surface area contributed by atoms with Gasteiger partial charge in [0.25, 0.3) is 5.91 Å². The highest BCUT2D eigenvalue weighted by atomic mass is 19.1. The Labute approximate surface area is 275 Å². The summed E-state index contributed by atoms with van der Waals surface area (Å²) in [5.41, 5.74) is 0.838. The van der Waals surface area contributed by atoms with Crippen molar-refractivity contribution in [3.63, 3.8) is 0 Å². The molecule has 12 nitrogen and oxygen atoms in total. The fraction of sp³-hybridized carbons (Fsp3) is 0.618. The topological polar surface area (TPSA) is 138 Å². The van der Waals surface area contributed by atoms with Crippen LogP contribution in [0.3, 0.4) is 0 Å². The van der Waals surface area contributed by atoms with E-state index < -0.39 is 35.6 Å². The number of aromatic nitrogens is 2. The molecular weight excluding hydrogens is 605 g/mol. The van der Waals surface area contributed by atoms with Crippen LogP contribution in [-0.2, 0) is 19.1 Å². The van der Waals surface area contributed by atoms with E-state index in [9.17, 15) is 19.2 Å². The van der Waals surface area contributed by atoms with Gasteiger partial charge in [0.15, 0.2) is 0 Å². The van der Waals surface area contributed by atoms with Gasteiger partial charge >= 0.3 is 0 Å². The second-order valence-electron chi connectivity index (χ2n) is 13.6. The molecule has 2 heterocycles. The number of ether oxygens (including phenoxy) is 1. The number of hydrogen-bond donors (Lipinski definition) is 3. The van der Waals surface area contributed by atoms with E-state index in [1.165, 1.54) is 19.2 Å². The number of carbonyl (C=O) groups excluding carboxylic acids is 4. The number of methoxy groups -OCH3 is 1. The summed E-state index contributed by atoms with van der Waals surface area (Å²) >= 11 is 0. The van der Waals surface area contributed by atoms with Gasteiger partial charge in [0.05, 0.1) is 5.69 Å². The molecule has 13 heteroatoms. The normalized spacial score (nSPS) is 18.9. The van der Waals surface area contributed by atoms with Gasteiger partial charge in [-0.05, 0) is 88.1 Å². The van der Waals surface area contributed by atoms with Crippen molar-refractivity contribution < 1.29 is 28.3 Å². The second kappa shape index (κ2) is 14.9. The van der Waals surface area contributed by atoms with Crippen LogP contribution < -0.4 is 16.0 Å². The average molecular weight is 654 g/mol. The minimum absolute atomic E-state index is 0.0203. The van der Waals surface area contributed by atoms with E-state index in [0.29, 0.717) is 49.3 Å². The minimum atomic E-state index is -0.933. The molecule has 0 unspecified atom stereocenters. The molecule has 0 bridgehead atoms. The first-order valence-electron chi connectivity index (χ1n) is 16.7. The molecule has 3 atom stereocenters. The predicted molar refractivity (Wildman–Crippen MR) is 174 cm³/mol. The van der Waals surface area contributed by atoms with Crippen molar-refractivity contribution in [3.8, 4) is 0 Å². The highest BCUT2D eigenvalue weighted by molar-refractivity contribution is 6.01. The molecule has 1 aromatic heterocycles. The maximum absolute atomic E-state index is 15.7. The second-order valence-corrected chi connectivity index (χ2v) is 13.6. The Hall–Kier alpha value is -3.84. The Bertz CT molecular complexity index is 1440. The molecule has 3 aliphatic rings. The van der Waals surface area contributed by atoms with Crippen molar-refractivity contribution in [1.82, 2.24) is 30.2 Å². The van der Waals surface area contributed by atoms with Crippen LogP contribution in [0.5, 0.6) is 0 Å². The first kappa shape index (κ1) is 34.5. The van der Waals surface area contributed by atoms with Gasteiger partial charge in [0.2, 0.25) is 17.7 Å². The number of hydrogen-bond acceptors (Lipinski definition) is 7. The maximum atomic E-state index is 15.7. The molecule has 3 fully saturated rings. The molecule has 2 saturated carbocycles. The van der Waals surface area contributed by atoms with Gasteiger partial charge in [-0.3, -0.25) is 23.9 Å². The van der Waals surface area contributed by atoms with Gasteiger partial charge in [-0.15, -0.1) is 0 Å². The molecule has 2 aromatic rings. The lowest BCUT2D eigenvalue weighted by atomic mass is 9.88. The minimum Gasteiger partial charge on any atom is -0.375 e. The average Bonchev–Trinajstić information content (AvgIpc) is 3.99. The Morgan fingerprint density at radius 2 is 1.62 bits per heavy atom. The standard InChI is InChI=1S/C34H48FN7O5/c1-20(2)42-27(12-13-36-42)32(44)39-31(29(22-6-7-22)23-8-9-23)33(45)37-26-11-10-24(18-25(26)35)21(3)30(38-28(43)19-47-5)34(46)41-16-14-40(4)15-17-41/h10-13,18,20-23,29-31H,6-9,14-17,19H2,1-5H3,(H,37,45)(H,38,43)(H,39,44)/t21-,30+,31-/m0/s1. The van der Waals surface area contributed by atoms with E-state index in [2.05, 4.69) is 25.9 Å². The zero-order valence-electron chi connectivity index (χ0n) is 28.0. The van der Waals surface area contributed by atoms with Crippen LogP contribution in [0.4, 0.5) is 10.1 Å². The molecule has 0 spiro atoms. The fourth-order valence-electron chi connectivity index (χ4n) is 6.64. The highest BCUT2D eigenvalue weighted by Gasteiger charge is 2.48. The van der Waals surface area contributed by atoms with Gasteiger partial charge in [-0.1, -0.05) is 13.0 Å². The van der Waals surface area contributed by atoms with Gasteiger partial charge in [0, 0.05) is 51.4 Å². The monoisotopic (exact) mass is 653 g/mol. The van der Waals surface area contributed by atoms with Crippen LogP contribution in [0.2, 0.25) is 0 Å². The van der Waals surface area contributed by atoms with Crippen LogP contribution in [0, 0.1) is 23.6 Å². The van der Waals surface area contributed by atoms with Crippen molar-refractivity contribution in [1.29, 1.82) is 0 Å². The van der Waals surface area contributed by atoms with Crippen molar-refractivity contribution in [2.24, 2.45) is 17.8 Å². The number of nitrogens with zero attached hydrogens (tertiary/aromatic N) is 4. The van der Waals surface area contributed by atoms with E-state index in [0.717, 1.165) is 25.7 Å². The molecular formula is C34H48FN7O5. The number of nitrogens with one attached hydrogen (secondary N) is 3. The molecule has 256 valence electrons. The number of carbonyl (C=O) groups is 4. The third-order valence-corrected chi connectivity index (χ3v) is 9.63. The first-order valence-corrected chi connectivity index (χ1v) is 16.7. The fourth-order valence-corrected chi connectivity index (χ4v) is 6.64. The third-order valence-electron chi connectivity index (χ3n) is 9.63. The Kier molecular flexibility index (Phi) is 11.0. The van der Waals surface area contributed by atoms with Gasteiger partial charge in [-0.2, -0.15) is 5.10 Å². The lowest BCUT2D eigenvalue weighted by Gasteiger charge is -2.36. The Morgan fingerprint density at radius 3 is 2.19 bits per heavy atom. The lowest BCUT2D eigenvalue weighted by Crippen LogP contribution is -2.56. The van der Waals surface area contributed by atoms with Gasteiger partial charge in [-0.25, -0.2) is 4.39 Å². The molecule has 5 rings (SSSR count). The maximum Gasteiger partial charge on any atom is 0.270 e. The predicted octanol–water partition coefficient (Wildman–Crippen LogP) is 2.79. The number of amides is 4. The zero-order chi connectivity index (χ0) is 33.8. The van der Waals surface area contributed by atoms with Crippen molar-refractivity contribution in [2.75, 3.05) is 52.3 Å². The van der Waals surface area contributed by atoms with E-state index >= 15 is 4.39 Å². The van der Waals surface area contributed by atoms with E-state index in [1.54, 1.807) is 34.8 Å². The molecule has 0 radical (unpaired) electrons. The van der Waals surface area contributed by atoms with Gasteiger partial charge < -0.3 is 30.5 Å². The summed E-state index contributed by atoms with van der Waals surface area (Å²) in [6.45, 7) is 7.89. The summed E-state index contributed by atoms with van der Waals surface area (Å²) in [7, 11) is 3.39. The summed E-state index contributed by atoms with van der Waals surface area (Å²) in [6.07, 6.45) is 5.57. The van der Waals surface area contributed by atoms with E-state index in [4.69, 9.17) is 4.74 Å². The van der Waals surface area contributed by atoms with Crippen molar-refractivity contribution in [3.05, 3.63) is 47.5 Å². The summed E-state index contributed by atoms with van der Waals surface area (Å²) < 4.78 is 22.3. The largest absolute Gasteiger partial charge is 0.375 e. The number of halogens is 1. The van der Waals surface area contributed by atoms with Crippen LogP contribution in [-0.4, -0.2) is 102 Å². The number of likely N-dealkylation sites (N-methyl/N-ethyl adjacent to an activating group) is 1. The Balaban J connectivity index is 1.34. The number of benzene rings is 1.